The Morgan fingerprint density at radius 3 is 2.71 bits per heavy atom. The van der Waals surface area contributed by atoms with Gasteiger partial charge in [0.15, 0.2) is 11.6 Å². The topological polar surface area (TPSA) is 89.6 Å². The summed E-state index contributed by atoms with van der Waals surface area (Å²) in [5.41, 5.74) is 5.46. The number of pyridine rings is 1. The van der Waals surface area contributed by atoms with E-state index >= 15 is 0 Å². The first kappa shape index (κ1) is 22.0. The second-order valence-corrected chi connectivity index (χ2v) is 6.74. The maximum absolute atomic E-state index is 14.2. The molecule has 1 atom stereocenters. The number of nitrogens with two attached hydrogens (primary N) is 1. The van der Waals surface area contributed by atoms with Crippen molar-refractivity contribution in [3.63, 3.8) is 0 Å². The molecule has 2 aromatic rings. The molecule has 6 nitrogen and oxygen atoms in total. The van der Waals surface area contributed by atoms with Crippen LogP contribution in [0.2, 0.25) is 5.02 Å². The summed E-state index contributed by atoms with van der Waals surface area (Å²) >= 11 is 9.17. The van der Waals surface area contributed by atoms with E-state index in [9.17, 15) is 13.6 Å². The Kier molecular flexibility index (Phi) is 7.70. The third-order valence-corrected chi connectivity index (χ3v) is 4.34. The van der Waals surface area contributed by atoms with Gasteiger partial charge in [-0.25, -0.2) is 18.8 Å². The van der Waals surface area contributed by atoms with E-state index in [-0.39, 0.29) is 34.6 Å². The van der Waals surface area contributed by atoms with Crippen molar-refractivity contribution in [2.75, 3.05) is 11.9 Å². The van der Waals surface area contributed by atoms with Crippen molar-refractivity contribution in [3.8, 4) is 0 Å². The molecular weight excluding hydrogens is 458 g/mol. The number of carbonyl (C=O) groups is 1. The van der Waals surface area contributed by atoms with E-state index in [4.69, 9.17) is 22.1 Å². The maximum Gasteiger partial charge on any atom is 0.282 e. The molecule has 3 N–H and O–H groups in total. The van der Waals surface area contributed by atoms with Crippen LogP contribution in [0.3, 0.4) is 0 Å². The number of amides is 1. The fraction of sp³-hybridized carbons (Fsp3) is 0.278. The highest BCUT2D eigenvalue weighted by atomic mass is 79.9. The number of aromatic nitrogens is 1. The number of amidine groups is 1. The van der Waals surface area contributed by atoms with Gasteiger partial charge in [0, 0.05) is 34.4 Å². The molecule has 1 aliphatic rings. The van der Waals surface area contributed by atoms with Crippen LogP contribution in [0.15, 0.2) is 33.9 Å². The molecule has 0 spiro atoms. The second kappa shape index (κ2) is 9.79. The number of hydrogen-bond donors (Lipinski definition) is 2. The monoisotopic (exact) mass is 474 g/mol. The lowest BCUT2D eigenvalue weighted by Gasteiger charge is -2.20. The number of anilines is 1. The molecule has 1 aromatic carbocycles. The Bertz CT molecular complexity index is 911. The summed E-state index contributed by atoms with van der Waals surface area (Å²) in [6.07, 6.45) is 1.73. The minimum Gasteiger partial charge on any atom is -0.465 e. The van der Waals surface area contributed by atoms with Crippen molar-refractivity contribution in [3.05, 3.63) is 56.8 Å². The molecule has 2 heterocycles. The Hall–Kier alpha value is -2.26. The van der Waals surface area contributed by atoms with Crippen molar-refractivity contribution in [2.24, 2.45) is 10.7 Å². The number of nitrogens with zero attached hydrogens (tertiary/aromatic N) is 2. The van der Waals surface area contributed by atoms with Crippen molar-refractivity contribution < 1.29 is 18.3 Å². The average molecular weight is 476 g/mol. The molecule has 1 aromatic heterocycles. The van der Waals surface area contributed by atoms with E-state index in [1.807, 2.05) is 13.8 Å². The number of nitrogens with one attached hydrogen (secondary N) is 1. The molecule has 0 saturated heterocycles. The highest BCUT2D eigenvalue weighted by Crippen LogP contribution is 2.31. The van der Waals surface area contributed by atoms with Crippen molar-refractivity contribution in [2.45, 2.75) is 26.3 Å². The molecule has 0 radical (unpaired) electrons. The largest absolute Gasteiger partial charge is 0.465 e. The van der Waals surface area contributed by atoms with Gasteiger partial charge in [0.1, 0.15) is 5.69 Å². The summed E-state index contributed by atoms with van der Waals surface area (Å²) in [7, 11) is 0. The van der Waals surface area contributed by atoms with Crippen LogP contribution in [-0.2, 0) is 4.74 Å². The molecule has 3 rings (SSSR count). The molecule has 1 unspecified atom stereocenters. The van der Waals surface area contributed by atoms with Crippen molar-refractivity contribution >= 4 is 45.1 Å². The molecular formula is C18H18BrClF2N4O2. The van der Waals surface area contributed by atoms with Gasteiger partial charge in [0.25, 0.3) is 11.9 Å². The van der Waals surface area contributed by atoms with Gasteiger partial charge >= 0.3 is 0 Å². The Labute approximate surface area is 174 Å². The first-order chi connectivity index (χ1) is 13.3. The summed E-state index contributed by atoms with van der Waals surface area (Å²) in [5, 5.41) is 2.57. The van der Waals surface area contributed by atoms with Gasteiger partial charge < -0.3 is 15.8 Å². The Balaban J connectivity index is 0.00000136. The van der Waals surface area contributed by atoms with Crippen LogP contribution in [0, 0.1) is 11.6 Å². The quantitative estimate of drug-likeness (QED) is 0.665. The number of carbonyl (C=O) groups excluding carboxylic acids is 1. The van der Waals surface area contributed by atoms with Gasteiger partial charge in [0.2, 0.25) is 0 Å². The number of rotatable bonds is 3. The normalized spacial score (nSPS) is 15.6. The zero-order chi connectivity index (χ0) is 20.8. The zero-order valence-corrected chi connectivity index (χ0v) is 17.4. The molecule has 0 saturated carbocycles. The smallest absolute Gasteiger partial charge is 0.282 e. The predicted octanol–water partition coefficient (Wildman–Crippen LogP) is 4.83. The van der Waals surface area contributed by atoms with Gasteiger partial charge in [-0.05, 0) is 28.1 Å². The van der Waals surface area contributed by atoms with Crippen LogP contribution >= 0.6 is 27.5 Å². The molecule has 0 bridgehead atoms. The number of aliphatic imine (C=N–C) groups is 1. The highest BCUT2D eigenvalue weighted by molar-refractivity contribution is 9.10. The number of benzene rings is 1. The minimum atomic E-state index is -1.12. The first-order valence-electron chi connectivity index (χ1n) is 8.42. The Morgan fingerprint density at radius 2 is 2.07 bits per heavy atom. The van der Waals surface area contributed by atoms with E-state index in [0.717, 1.165) is 6.07 Å². The van der Waals surface area contributed by atoms with E-state index in [1.54, 1.807) is 0 Å². The van der Waals surface area contributed by atoms with Crippen LogP contribution in [0.25, 0.3) is 0 Å². The summed E-state index contributed by atoms with van der Waals surface area (Å²) in [6, 6.07) is 2.87. The van der Waals surface area contributed by atoms with Crippen LogP contribution in [0.5, 0.6) is 0 Å². The molecule has 10 heteroatoms. The van der Waals surface area contributed by atoms with Gasteiger partial charge in [0.05, 0.1) is 17.7 Å². The SMILES string of the molecule is CC.NC1=NC(c2cc(NC(=O)c3ncc(Br)cc3Cl)cc(F)c2F)CCO1. The van der Waals surface area contributed by atoms with Gasteiger partial charge in [-0.3, -0.25) is 4.79 Å². The van der Waals surface area contributed by atoms with Gasteiger partial charge in [-0.2, -0.15) is 0 Å². The number of hydrogen-bond acceptors (Lipinski definition) is 5. The van der Waals surface area contributed by atoms with Crippen LogP contribution in [0.1, 0.15) is 42.4 Å². The molecule has 1 aliphatic heterocycles. The number of ether oxygens (including phenoxy) is 1. The molecule has 0 aliphatic carbocycles. The van der Waals surface area contributed by atoms with Gasteiger partial charge in [-0.1, -0.05) is 25.4 Å². The Morgan fingerprint density at radius 1 is 1.36 bits per heavy atom. The second-order valence-electron chi connectivity index (χ2n) is 5.42. The summed E-state index contributed by atoms with van der Waals surface area (Å²) < 4.78 is 33.8. The lowest BCUT2D eigenvalue weighted by atomic mass is 10.0. The van der Waals surface area contributed by atoms with E-state index in [0.29, 0.717) is 10.9 Å². The molecule has 0 fully saturated rings. The summed E-state index contributed by atoms with van der Waals surface area (Å²) in [6.45, 7) is 4.23. The maximum atomic E-state index is 14.2. The predicted molar refractivity (Wildman–Crippen MR) is 108 cm³/mol. The molecule has 150 valence electrons. The van der Waals surface area contributed by atoms with Crippen LogP contribution < -0.4 is 11.1 Å². The van der Waals surface area contributed by atoms with Crippen LogP contribution in [-0.4, -0.2) is 23.5 Å². The minimum absolute atomic E-state index is 0.0265. The highest BCUT2D eigenvalue weighted by Gasteiger charge is 2.23. The fourth-order valence-electron chi connectivity index (χ4n) is 2.45. The van der Waals surface area contributed by atoms with Crippen LogP contribution in [0.4, 0.5) is 14.5 Å². The van der Waals surface area contributed by atoms with E-state index < -0.39 is 23.6 Å². The third kappa shape index (κ3) is 5.17. The first-order valence-corrected chi connectivity index (χ1v) is 9.59. The lowest BCUT2D eigenvalue weighted by Crippen LogP contribution is -2.24. The molecule has 1 amide bonds. The standard InChI is InChI=1S/C16H12BrClF2N4O2.C2H6/c17-7-3-10(18)14(22-6-7)15(25)23-8-4-9(13(20)11(19)5-8)12-1-2-26-16(21)24-12;1-2/h3-6,12H,1-2H2,(H2,21,24)(H,23,25);1-2H3. The lowest BCUT2D eigenvalue weighted by molar-refractivity contribution is 0.102. The fourth-order valence-corrected chi connectivity index (χ4v) is 3.17. The molecule has 28 heavy (non-hydrogen) atoms. The van der Waals surface area contributed by atoms with E-state index in [1.165, 1.54) is 18.3 Å². The average Bonchev–Trinajstić information content (AvgIpc) is 2.66. The number of halogens is 4. The van der Waals surface area contributed by atoms with Crippen molar-refractivity contribution in [1.29, 1.82) is 0 Å². The van der Waals surface area contributed by atoms with Gasteiger partial charge in [-0.15, -0.1) is 0 Å². The van der Waals surface area contributed by atoms with E-state index in [2.05, 4.69) is 31.2 Å². The summed E-state index contributed by atoms with van der Waals surface area (Å²) in [4.78, 5) is 20.2. The third-order valence-electron chi connectivity index (χ3n) is 3.62. The zero-order valence-electron chi connectivity index (χ0n) is 15.1. The summed E-state index contributed by atoms with van der Waals surface area (Å²) in [5.74, 6) is -2.83. The van der Waals surface area contributed by atoms with Crippen molar-refractivity contribution in [1.82, 2.24) is 4.98 Å².